The molecule has 6 nitrogen and oxygen atoms in total. The summed E-state index contributed by atoms with van der Waals surface area (Å²) in [5.41, 5.74) is 0. The van der Waals surface area contributed by atoms with Gasteiger partial charge in [0.2, 0.25) is 5.91 Å². The van der Waals surface area contributed by atoms with E-state index in [-0.39, 0.29) is 24.9 Å². The lowest BCUT2D eigenvalue weighted by molar-refractivity contribution is -0.150. The van der Waals surface area contributed by atoms with Crippen molar-refractivity contribution in [1.82, 2.24) is 5.32 Å². The van der Waals surface area contributed by atoms with Crippen molar-refractivity contribution in [1.29, 1.82) is 0 Å². The van der Waals surface area contributed by atoms with Crippen LogP contribution in [0.3, 0.4) is 0 Å². The second-order valence-electron chi connectivity index (χ2n) is 17.2. The minimum absolute atomic E-state index is 0.00379. The van der Waals surface area contributed by atoms with Crippen LogP contribution in [0.15, 0.2) is 72.9 Å². The molecule has 3 unspecified atom stereocenters. The minimum atomic E-state index is -0.813. The van der Waals surface area contributed by atoms with E-state index in [1.807, 2.05) is 6.08 Å². The third kappa shape index (κ3) is 43.7. The summed E-state index contributed by atoms with van der Waals surface area (Å²) in [6, 6.07) is -0.734. The molecule has 3 atom stereocenters. The third-order valence-corrected chi connectivity index (χ3v) is 11.3. The lowest BCUT2D eigenvalue weighted by Gasteiger charge is -2.24. The van der Waals surface area contributed by atoms with E-state index in [0.717, 1.165) is 70.6 Å². The van der Waals surface area contributed by atoms with Crippen molar-refractivity contribution in [2.45, 2.75) is 257 Å². The summed E-state index contributed by atoms with van der Waals surface area (Å²) in [5.74, 6) is -0.587. The number of allylic oxidation sites excluding steroid dienone is 11. The van der Waals surface area contributed by atoms with Crippen molar-refractivity contribution >= 4 is 11.9 Å². The molecular weight excluding hydrogens is 755 g/mol. The molecule has 6 heteroatoms. The van der Waals surface area contributed by atoms with Crippen molar-refractivity contribution in [3.05, 3.63) is 72.9 Å². The van der Waals surface area contributed by atoms with Crippen molar-refractivity contribution in [2.75, 3.05) is 6.61 Å². The number of aliphatic hydroxyl groups is 2. The molecule has 0 aromatic heterocycles. The molecule has 1 amide bonds. The summed E-state index contributed by atoms with van der Waals surface area (Å²) in [6.07, 6.45) is 61.2. The predicted molar refractivity (Wildman–Crippen MR) is 264 cm³/mol. The Morgan fingerprint density at radius 1 is 0.492 bits per heavy atom. The van der Waals surface area contributed by atoms with Gasteiger partial charge in [0.1, 0.15) is 6.10 Å². The normalized spacial score (nSPS) is 13.9. The lowest BCUT2D eigenvalue weighted by Crippen LogP contribution is -2.46. The van der Waals surface area contributed by atoms with Gasteiger partial charge in [-0.15, -0.1) is 0 Å². The smallest absolute Gasteiger partial charge is 0.306 e. The highest BCUT2D eigenvalue weighted by Crippen LogP contribution is 2.16. The summed E-state index contributed by atoms with van der Waals surface area (Å²) in [5, 5.41) is 23.7. The number of ether oxygens (including phenoxy) is 1. The molecule has 61 heavy (non-hydrogen) atoms. The van der Waals surface area contributed by atoms with E-state index in [1.165, 1.54) is 122 Å². The Labute approximate surface area is 377 Å². The largest absolute Gasteiger partial charge is 0.461 e. The molecule has 0 saturated carbocycles. The lowest BCUT2D eigenvalue weighted by atomic mass is 10.0. The predicted octanol–water partition coefficient (Wildman–Crippen LogP) is 15.4. The van der Waals surface area contributed by atoms with Gasteiger partial charge in [0.25, 0.3) is 0 Å². The second-order valence-corrected chi connectivity index (χ2v) is 17.2. The van der Waals surface area contributed by atoms with Crippen molar-refractivity contribution in [3.63, 3.8) is 0 Å². The fraction of sp³-hybridized carbons (Fsp3) is 0.745. The minimum Gasteiger partial charge on any atom is -0.461 e. The highest BCUT2D eigenvalue weighted by atomic mass is 16.5. The van der Waals surface area contributed by atoms with Crippen LogP contribution in [0.1, 0.15) is 239 Å². The summed E-state index contributed by atoms with van der Waals surface area (Å²) in [4.78, 5) is 26.1. The molecule has 0 fully saturated rings. The molecule has 0 aliphatic carbocycles. The highest BCUT2D eigenvalue weighted by molar-refractivity contribution is 5.77. The van der Waals surface area contributed by atoms with Gasteiger partial charge in [0.15, 0.2) is 0 Å². The Balaban J connectivity index is 4.72. The van der Waals surface area contributed by atoms with Crippen LogP contribution in [0.2, 0.25) is 0 Å². The molecule has 0 heterocycles. The van der Waals surface area contributed by atoms with Gasteiger partial charge in [-0.1, -0.05) is 216 Å². The first kappa shape index (κ1) is 58.3. The molecule has 0 spiro atoms. The van der Waals surface area contributed by atoms with Gasteiger partial charge in [-0.25, -0.2) is 0 Å². The third-order valence-electron chi connectivity index (χ3n) is 11.3. The van der Waals surface area contributed by atoms with Crippen LogP contribution in [0.25, 0.3) is 0 Å². The summed E-state index contributed by atoms with van der Waals surface area (Å²) < 4.78 is 5.86. The number of rotatable bonds is 45. The van der Waals surface area contributed by atoms with Gasteiger partial charge >= 0.3 is 5.97 Å². The fourth-order valence-corrected chi connectivity index (χ4v) is 7.32. The van der Waals surface area contributed by atoms with E-state index < -0.39 is 18.2 Å². The van der Waals surface area contributed by atoms with Crippen LogP contribution < -0.4 is 5.32 Å². The van der Waals surface area contributed by atoms with E-state index in [9.17, 15) is 19.8 Å². The number of hydrogen-bond acceptors (Lipinski definition) is 5. The summed E-state index contributed by atoms with van der Waals surface area (Å²) >= 11 is 0. The molecule has 0 aromatic carbocycles. The molecule has 352 valence electrons. The number of aliphatic hydroxyl groups excluding tert-OH is 2. The van der Waals surface area contributed by atoms with Gasteiger partial charge in [-0.3, -0.25) is 9.59 Å². The van der Waals surface area contributed by atoms with E-state index in [1.54, 1.807) is 0 Å². The van der Waals surface area contributed by atoms with Crippen molar-refractivity contribution in [3.8, 4) is 0 Å². The average molecular weight is 852 g/mol. The zero-order valence-corrected chi connectivity index (χ0v) is 40.0. The molecule has 0 aliphatic rings. The molecule has 0 saturated heterocycles. The Morgan fingerprint density at radius 3 is 1.34 bits per heavy atom. The maximum absolute atomic E-state index is 13.2. The van der Waals surface area contributed by atoms with Gasteiger partial charge in [0, 0.05) is 12.8 Å². The van der Waals surface area contributed by atoms with Crippen LogP contribution >= 0.6 is 0 Å². The Morgan fingerprint density at radius 2 is 0.869 bits per heavy atom. The van der Waals surface area contributed by atoms with E-state index in [4.69, 9.17) is 4.74 Å². The summed E-state index contributed by atoms with van der Waals surface area (Å²) in [6.45, 7) is 6.38. The second kappa shape index (κ2) is 48.3. The molecule has 0 bridgehead atoms. The quantitative estimate of drug-likeness (QED) is 0.0322. The number of carbonyl (C=O) groups is 2. The SMILES string of the molecule is CCCCC/C=C\C/C=C\C/C=C\C/C=C\CC(CC(=O)NC(CO)C(O)CCCCCCCCCCCC)OC(=O)CCCCCCCCC/C=C\C/C=C\CCCCC. The zero-order valence-electron chi connectivity index (χ0n) is 40.0. The molecule has 0 rings (SSSR count). The van der Waals surface area contributed by atoms with Gasteiger partial charge in [-0.05, 0) is 77.0 Å². The van der Waals surface area contributed by atoms with Crippen LogP contribution in [-0.2, 0) is 14.3 Å². The number of esters is 1. The van der Waals surface area contributed by atoms with E-state index in [0.29, 0.717) is 19.3 Å². The number of carbonyl (C=O) groups excluding carboxylic acids is 2. The fourth-order valence-electron chi connectivity index (χ4n) is 7.32. The Bertz CT molecular complexity index is 1140. The van der Waals surface area contributed by atoms with Crippen LogP contribution in [0.4, 0.5) is 0 Å². The maximum Gasteiger partial charge on any atom is 0.306 e. The summed E-state index contributed by atoms with van der Waals surface area (Å²) in [7, 11) is 0. The van der Waals surface area contributed by atoms with Gasteiger partial charge < -0.3 is 20.3 Å². The van der Waals surface area contributed by atoms with Crippen LogP contribution in [0, 0.1) is 0 Å². The van der Waals surface area contributed by atoms with E-state index in [2.05, 4.69) is 92.9 Å². The Hall–Kier alpha value is -2.70. The topological polar surface area (TPSA) is 95.9 Å². The molecule has 3 N–H and O–H groups in total. The van der Waals surface area contributed by atoms with Crippen molar-refractivity contribution < 1.29 is 24.5 Å². The van der Waals surface area contributed by atoms with Crippen molar-refractivity contribution in [2.24, 2.45) is 0 Å². The highest BCUT2D eigenvalue weighted by Gasteiger charge is 2.23. The van der Waals surface area contributed by atoms with Crippen LogP contribution in [0.5, 0.6) is 0 Å². The van der Waals surface area contributed by atoms with E-state index >= 15 is 0 Å². The van der Waals surface area contributed by atoms with Gasteiger partial charge in [-0.2, -0.15) is 0 Å². The maximum atomic E-state index is 13.2. The Kier molecular flexibility index (Phi) is 46.2. The first-order valence-corrected chi connectivity index (χ1v) is 25.7. The standard InChI is InChI=1S/C55H97NO5/c1-4-7-10-13-16-19-22-24-26-27-29-31-33-36-39-42-45-48-55(60)61-51(46-43-40-37-34-32-30-28-25-23-20-17-14-11-8-5-2)49-54(59)56-52(50-57)53(58)47-44-41-38-35-21-18-15-12-9-6-3/h16-17,19-20,24-26,28,32,34,40,43,51-53,57-58H,4-15,18,21-23,27,29-31,33,35-39,41-42,44-50H2,1-3H3,(H,56,59)/b19-16-,20-17-,26-24-,28-25-,34-32-,43-40-. The molecule has 0 aliphatic heterocycles. The number of nitrogens with one attached hydrogen (secondary N) is 1. The first-order chi connectivity index (χ1) is 30.0. The average Bonchev–Trinajstić information content (AvgIpc) is 3.25. The first-order valence-electron chi connectivity index (χ1n) is 25.7. The van der Waals surface area contributed by atoms with Gasteiger partial charge in [0.05, 0.1) is 25.2 Å². The number of hydrogen-bond donors (Lipinski definition) is 3. The molecular formula is C55H97NO5. The number of unbranched alkanes of at least 4 members (excludes halogenated alkanes) is 22. The molecule has 0 radical (unpaired) electrons. The molecule has 0 aromatic rings. The monoisotopic (exact) mass is 852 g/mol. The zero-order chi connectivity index (χ0) is 44.5. The van der Waals surface area contributed by atoms with Crippen LogP contribution in [-0.4, -0.2) is 46.9 Å². The number of amides is 1.